The maximum absolute atomic E-state index is 13.3. The molecule has 1 saturated heterocycles. The van der Waals surface area contributed by atoms with Crippen molar-refractivity contribution in [2.75, 3.05) is 25.9 Å². The highest BCUT2D eigenvalue weighted by Gasteiger charge is 2.64. The predicted octanol–water partition coefficient (Wildman–Crippen LogP) is 5.38. The average molecular weight is 491 g/mol. The summed E-state index contributed by atoms with van der Waals surface area (Å²) in [7, 11) is 0. The normalized spacial score (nSPS) is 25.0. The van der Waals surface area contributed by atoms with Crippen LogP contribution in [-0.2, 0) is 17.6 Å². The summed E-state index contributed by atoms with van der Waals surface area (Å²) in [5, 5.41) is 0. The summed E-state index contributed by atoms with van der Waals surface area (Å²) in [6, 6.07) is 9.75. The van der Waals surface area contributed by atoms with Crippen molar-refractivity contribution in [1.29, 1.82) is 0 Å². The maximum atomic E-state index is 13.3. The number of pyridine rings is 1. The van der Waals surface area contributed by atoms with Gasteiger partial charge in [0.05, 0.1) is 17.3 Å². The minimum Gasteiger partial charge on any atom is -0.612 e. The molecule has 1 atom stereocenters. The minimum atomic E-state index is -4.07. The molecule has 4 aliphatic rings. The van der Waals surface area contributed by atoms with Crippen molar-refractivity contribution in [2.24, 2.45) is 10.8 Å². The van der Waals surface area contributed by atoms with Gasteiger partial charge >= 0.3 is 6.18 Å². The fraction of sp³-hybridized carbons (Fsp3) is 0.577. The van der Waals surface area contributed by atoms with Crippen LogP contribution < -0.4 is 4.74 Å². The third-order valence-corrected chi connectivity index (χ3v) is 9.50. The van der Waals surface area contributed by atoms with E-state index in [-0.39, 0.29) is 30.4 Å². The number of nitrogens with zero attached hydrogens (tertiary/aromatic N) is 2. The lowest BCUT2D eigenvalue weighted by Crippen LogP contribution is -2.59. The van der Waals surface area contributed by atoms with Crippen molar-refractivity contribution in [1.82, 2.24) is 9.88 Å². The minimum absolute atomic E-state index is 0.170. The highest BCUT2D eigenvalue weighted by atomic mass is 32.2. The zero-order valence-electron chi connectivity index (χ0n) is 19.3. The van der Waals surface area contributed by atoms with Crippen LogP contribution in [0, 0.1) is 10.8 Å². The number of benzene rings is 1. The lowest BCUT2D eigenvalue weighted by molar-refractivity contribution is -0.195. The first kappa shape index (κ1) is 22.7. The zero-order valence-corrected chi connectivity index (χ0v) is 20.1. The number of fused-ring (bicyclic) bond motifs is 1. The Labute approximate surface area is 201 Å². The van der Waals surface area contributed by atoms with Crippen molar-refractivity contribution in [3.8, 4) is 17.0 Å². The van der Waals surface area contributed by atoms with Gasteiger partial charge in [-0.25, -0.2) is 0 Å². The van der Waals surface area contributed by atoms with E-state index in [4.69, 9.17) is 4.74 Å². The van der Waals surface area contributed by atoms with Crippen LogP contribution in [0.4, 0.5) is 13.2 Å². The SMILES string of the molecule is C[S+]([O-])c1ccc(-c2cc3c(cn2)OC2(C3)CC3(CCN(CC4(C(F)(F)F)CC4)CC3)C2)cc1. The van der Waals surface area contributed by atoms with Gasteiger partial charge in [-0.15, -0.1) is 0 Å². The fourth-order valence-corrected chi connectivity index (χ4v) is 6.99. The Balaban J connectivity index is 1.07. The molecule has 1 unspecified atom stereocenters. The van der Waals surface area contributed by atoms with Crippen LogP contribution in [0.25, 0.3) is 11.3 Å². The molecule has 1 aromatic heterocycles. The highest BCUT2D eigenvalue weighted by molar-refractivity contribution is 7.90. The van der Waals surface area contributed by atoms with Gasteiger partial charge in [0.1, 0.15) is 17.6 Å². The molecule has 2 aromatic rings. The van der Waals surface area contributed by atoms with E-state index >= 15 is 0 Å². The number of halogens is 3. The first-order valence-corrected chi connectivity index (χ1v) is 13.6. The Morgan fingerprint density at radius 3 is 2.35 bits per heavy atom. The fourth-order valence-electron chi connectivity index (χ4n) is 6.47. The van der Waals surface area contributed by atoms with Gasteiger partial charge in [-0.3, -0.25) is 4.98 Å². The molecule has 0 amide bonds. The van der Waals surface area contributed by atoms with Crippen LogP contribution >= 0.6 is 0 Å². The third-order valence-electron chi connectivity index (χ3n) is 8.56. The second-order valence-electron chi connectivity index (χ2n) is 11.0. The molecule has 8 heteroatoms. The monoisotopic (exact) mass is 490 g/mol. The molecule has 3 heterocycles. The number of likely N-dealkylation sites (tertiary alicyclic amines) is 1. The number of alkyl halides is 3. The van der Waals surface area contributed by atoms with E-state index in [0.717, 1.165) is 67.1 Å². The van der Waals surface area contributed by atoms with Crippen LogP contribution in [0.1, 0.15) is 44.1 Å². The zero-order chi connectivity index (χ0) is 23.8. The second-order valence-corrected chi connectivity index (χ2v) is 12.4. The van der Waals surface area contributed by atoms with Crippen molar-refractivity contribution < 1.29 is 22.5 Å². The van der Waals surface area contributed by atoms with E-state index in [0.29, 0.717) is 0 Å². The molecule has 6 rings (SSSR count). The molecular weight excluding hydrogens is 461 g/mol. The van der Waals surface area contributed by atoms with Gasteiger partial charge in [0, 0.05) is 24.1 Å². The molecular formula is C26H29F3N2O2S. The Kier molecular flexibility index (Phi) is 5.08. The molecule has 2 saturated carbocycles. The van der Waals surface area contributed by atoms with E-state index in [9.17, 15) is 17.7 Å². The lowest BCUT2D eigenvalue weighted by atomic mass is 9.54. The molecule has 34 heavy (non-hydrogen) atoms. The highest BCUT2D eigenvalue weighted by Crippen LogP contribution is 2.62. The van der Waals surface area contributed by atoms with E-state index in [2.05, 4.69) is 11.1 Å². The summed E-state index contributed by atoms with van der Waals surface area (Å²) in [5.41, 5.74) is 1.62. The standard InChI is InChI=1S/C26H29F3N2O2S/c1-34(32)20-4-2-18(3-5-20)21-12-19-13-25(33-22(19)14-30-21)15-23(16-25)8-10-31(11-9-23)17-24(6-7-24)26(27,28)29/h2-5,12,14H,6-11,13,15-17H2,1H3. The molecule has 2 aliphatic heterocycles. The van der Waals surface area contributed by atoms with E-state index < -0.39 is 22.8 Å². The van der Waals surface area contributed by atoms with Gasteiger partial charge in [-0.2, -0.15) is 13.2 Å². The quantitative estimate of drug-likeness (QED) is 0.540. The first-order chi connectivity index (χ1) is 16.1. The van der Waals surface area contributed by atoms with Gasteiger partial charge in [-0.05, 0) is 98.5 Å². The average Bonchev–Trinajstić information content (AvgIpc) is 3.48. The molecule has 0 N–H and O–H groups in total. The molecule has 0 radical (unpaired) electrons. The van der Waals surface area contributed by atoms with Gasteiger partial charge in [0.25, 0.3) is 0 Å². The predicted molar refractivity (Wildman–Crippen MR) is 124 cm³/mol. The Bertz CT molecular complexity index is 1080. The number of rotatable bonds is 4. The number of aromatic nitrogens is 1. The summed E-state index contributed by atoms with van der Waals surface area (Å²) in [4.78, 5) is 7.43. The topological polar surface area (TPSA) is 48.4 Å². The summed E-state index contributed by atoms with van der Waals surface area (Å²) >= 11 is -1.00. The van der Waals surface area contributed by atoms with Gasteiger partial charge < -0.3 is 14.2 Å². The third kappa shape index (κ3) is 3.82. The van der Waals surface area contributed by atoms with Gasteiger partial charge in [-0.1, -0.05) is 0 Å². The number of hydrogen-bond acceptors (Lipinski definition) is 4. The van der Waals surface area contributed by atoms with E-state index in [1.807, 2.05) is 35.4 Å². The molecule has 0 bridgehead atoms. The van der Waals surface area contributed by atoms with Gasteiger partial charge in [0.15, 0.2) is 4.90 Å². The number of hydrogen-bond donors (Lipinski definition) is 0. The van der Waals surface area contributed by atoms with Gasteiger partial charge in [0.2, 0.25) is 0 Å². The van der Waals surface area contributed by atoms with Crippen LogP contribution in [0.3, 0.4) is 0 Å². The van der Waals surface area contributed by atoms with Crippen molar-refractivity contribution in [3.63, 3.8) is 0 Å². The summed E-state index contributed by atoms with van der Waals surface area (Å²) < 4.78 is 58.0. The van der Waals surface area contributed by atoms with Crippen molar-refractivity contribution in [3.05, 3.63) is 42.1 Å². The Hall–Kier alpha value is -1.77. The molecule has 2 aliphatic carbocycles. The van der Waals surface area contributed by atoms with Crippen LogP contribution in [0.5, 0.6) is 5.75 Å². The largest absolute Gasteiger partial charge is 0.612 e. The van der Waals surface area contributed by atoms with E-state index in [1.165, 1.54) is 5.56 Å². The maximum Gasteiger partial charge on any atom is 0.395 e. The number of ether oxygens (including phenoxy) is 1. The molecule has 4 nitrogen and oxygen atoms in total. The number of piperidine rings is 1. The first-order valence-electron chi connectivity index (χ1n) is 12.0. The van der Waals surface area contributed by atoms with Crippen molar-refractivity contribution in [2.45, 2.75) is 61.6 Å². The molecule has 182 valence electrons. The summed E-state index contributed by atoms with van der Waals surface area (Å²) in [6.07, 6.45) is 4.68. The van der Waals surface area contributed by atoms with Crippen LogP contribution in [0.15, 0.2) is 41.4 Å². The summed E-state index contributed by atoms with van der Waals surface area (Å²) in [5.74, 6) is 0.850. The molecule has 3 fully saturated rings. The smallest absolute Gasteiger partial charge is 0.395 e. The summed E-state index contributed by atoms with van der Waals surface area (Å²) in [6.45, 7) is 1.68. The Morgan fingerprint density at radius 2 is 1.76 bits per heavy atom. The molecule has 1 aromatic carbocycles. The second kappa shape index (κ2) is 7.61. The van der Waals surface area contributed by atoms with Crippen LogP contribution in [0.2, 0.25) is 0 Å². The molecule has 2 spiro atoms. The van der Waals surface area contributed by atoms with Crippen molar-refractivity contribution >= 4 is 11.2 Å². The lowest BCUT2D eigenvalue weighted by Gasteiger charge is -2.57. The Morgan fingerprint density at radius 1 is 1.09 bits per heavy atom. The van der Waals surface area contributed by atoms with Crippen LogP contribution in [-0.4, -0.2) is 52.1 Å². The van der Waals surface area contributed by atoms with E-state index in [1.54, 1.807) is 6.26 Å².